The number of aliphatic carboxylic acids is 1. The summed E-state index contributed by atoms with van der Waals surface area (Å²) in [5.41, 5.74) is 0.393. The monoisotopic (exact) mass is 603 g/mol. The average Bonchev–Trinajstić information content (AvgIpc) is 3.42. The van der Waals surface area contributed by atoms with Crippen molar-refractivity contribution in [3.8, 4) is 0 Å². The van der Waals surface area contributed by atoms with E-state index in [9.17, 15) is 27.9 Å². The van der Waals surface area contributed by atoms with E-state index < -0.39 is 39.2 Å². The Morgan fingerprint density at radius 3 is 2.71 bits per heavy atom. The van der Waals surface area contributed by atoms with E-state index in [4.69, 9.17) is 4.84 Å². The molecule has 204 valence electrons. The third kappa shape index (κ3) is 5.47. The highest BCUT2D eigenvalue weighted by Gasteiger charge is 2.54. The third-order valence-corrected chi connectivity index (χ3v) is 9.28. The molecule has 16 nitrogen and oxygen atoms in total. The van der Waals surface area contributed by atoms with E-state index in [0.717, 1.165) is 22.5 Å². The predicted molar refractivity (Wildman–Crippen MR) is 136 cm³/mol. The lowest BCUT2D eigenvalue weighted by molar-refractivity contribution is -0.150. The number of β-lactam (4-membered cyclic amide) rings is 1. The normalized spacial score (nSPS) is 20.3. The lowest BCUT2D eigenvalue weighted by Crippen LogP contribution is -2.71. The van der Waals surface area contributed by atoms with Crippen molar-refractivity contribution >= 4 is 68.4 Å². The Bertz CT molecular complexity index is 1540. The topological polar surface area (TPSA) is 203 Å². The van der Waals surface area contributed by atoms with E-state index >= 15 is 0 Å². The molecule has 2 amide bonds. The maximum absolute atomic E-state index is 13.1. The van der Waals surface area contributed by atoms with Crippen molar-refractivity contribution in [3.05, 3.63) is 27.1 Å². The molecule has 1 saturated heterocycles. The molecule has 2 aromatic rings. The number of carboxylic acids is 1. The van der Waals surface area contributed by atoms with E-state index in [-0.39, 0.29) is 27.7 Å². The molecule has 2 N–H and O–H groups in total. The van der Waals surface area contributed by atoms with Crippen LogP contribution in [0.1, 0.15) is 5.69 Å². The van der Waals surface area contributed by atoms with Crippen LogP contribution in [0.5, 0.6) is 0 Å². The molecule has 0 radical (unpaired) electrons. The molecule has 0 spiro atoms. The second-order valence-corrected chi connectivity index (χ2v) is 12.4. The number of aryl methyl sites for hydroxylation is 1. The summed E-state index contributed by atoms with van der Waals surface area (Å²) in [5, 5.41) is 28.7. The molecule has 20 heteroatoms. The predicted octanol–water partition coefficient (Wildman–Crippen LogP) is -1.65. The number of nitrogens with one attached hydrogen (secondary N) is 1. The zero-order valence-electron chi connectivity index (χ0n) is 20.3. The fraction of sp³-hybridized carbons (Fsp3) is 0.444. The highest BCUT2D eigenvalue weighted by Crippen LogP contribution is 2.41. The number of fused-ring (bicyclic) bond motifs is 1. The van der Waals surface area contributed by atoms with Crippen LogP contribution in [0.25, 0.3) is 0 Å². The first kappa shape index (κ1) is 27.8. The number of carbonyl (C=O) groups is 3. The molecular weight excluding hydrogens is 583 g/mol. The van der Waals surface area contributed by atoms with Crippen molar-refractivity contribution in [2.75, 3.05) is 24.9 Å². The number of oxime groups is 1. The van der Waals surface area contributed by atoms with Crippen LogP contribution in [0.3, 0.4) is 0 Å². The summed E-state index contributed by atoms with van der Waals surface area (Å²) in [6, 6.07) is -1.01. The van der Waals surface area contributed by atoms with Crippen molar-refractivity contribution in [2.45, 2.75) is 16.6 Å². The van der Waals surface area contributed by atoms with Gasteiger partial charge in [0.05, 0.1) is 11.9 Å². The smallest absolute Gasteiger partial charge is 0.352 e. The molecule has 4 rings (SSSR count). The molecule has 1 fully saturated rings. The molecule has 1 unspecified atom stereocenters. The Morgan fingerprint density at radius 2 is 2.11 bits per heavy atom. The molecule has 0 aromatic carbocycles. The Balaban J connectivity index is 1.53. The lowest BCUT2D eigenvalue weighted by Gasteiger charge is -2.49. The number of hydrogen-bond acceptors (Lipinski definition) is 13. The van der Waals surface area contributed by atoms with Gasteiger partial charge in [-0.2, -0.15) is 0 Å². The molecule has 2 aromatic heterocycles. The van der Waals surface area contributed by atoms with Gasteiger partial charge in [-0.15, -0.1) is 32.6 Å². The quantitative estimate of drug-likeness (QED) is 0.143. The van der Waals surface area contributed by atoms with Gasteiger partial charge in [0.25, 0.3) is 21.8 Å². The molecule has 2 atom stereocenters. The van der Waals surface area contributed by atoms with Crippen LogP contribution >= 0.6 is 34.9 Å². The van der Waals surface area contributed by atoms with Gasteiger partial charge in [-0.1, -0.05) is 16.9 Å². The van der Waals surface area contributed by atoms with Gasteiger partial charge < -0.3 is 19.8 Å². The highest BCUT2D eigenvalue weighted by atomic mass is 32.2. The molecule has 38 heavy (non-hydrogen) atoms. The van der Waals surface area contributed by atoms with Crippen molar-refractivity contribution in [2.24, 2.45) is 23.6 Å². The number of carbonyl (C=O) groups excluding carboxylic acids is 2. The number of carboxylic acid groups (broad SMARTS) is 1. The van der Waals surface area contributed by atoms with E-state index in [0.29, 0.717) is 16.5 Å². The van der Waals surface area contributed by atoms with Gasteiger partial charge in [0.15, 0.2) is 5.71 Å². The first-order valence-electron chi connectivity index (χ1n) is 10.5. The summed E-state index contributed by atoms with van der Waals surface area (Å²) in [4.78, 5) is 44.3. The van der Waals surface area contributed by atoms with Crippen molar-refractivity contribution in [3.63, 3.8) is 0 Å². The Kier molecular flexibility index (Phi) is 7.95. The maximum Gasteiger partial charge on any atom is 0.352 e. The van der Waals surface area contributed by atoms with Crippen LogP contribution in [0.15, 0.2) is 31.4 Å². The Hall–Kier alpha value is -3.23. The number of rotatable bonds is 9. The average molecular weight is 604 g/mol. The highest BCUT2D eigenvalue weighted by molar-refractivity contribution is 8.01. The molecular formula is C18H21N9O7S4. The van der Waals surface area contributed by atoms with Crippen LogP contribution in [0.2, 0.25) is 0 Å². The van der Waals surface area contributed by atoms with Crippen LogP contribution in [0, 0.1) is 0 Å². The minimum absolute atomic E-state index is 0.103. The van der Waals surface area contributed by atoms with Gasteiger partial charge in [-0.25, -0.2) is 17.9 Å². The number of thiazole rings is 1. The van der Waals surface area contributed by atoms with E-state index in [1.807, 2.05) is 0 Å². The minimum atomic E-state index is -3.69. The first-order valence-corrected chi connectivity index (χ1v) is 15.3. The SMILES string of the molecule is CON=C(C(=O)NC1C(=O)N2C(C(=O)O)=C(CSc3nnnn3C)CS[C@@H]12)c1csc(=NS(C)(=O)=O)n1C. The largest absolute Gasteiger partial charge is 0.477 e. The van der Waals surface area contributed by atoms with Gasteiger partial charge in [-0.05, 0) is 16.0 Å². The minimum Gasteiger partial charge on any atom is -0.477 e. The number of sulfonamides is 1. The molecule has 4 heterocycles. The summed E-state index contributed by atoms with van der Waals surface area (Å²) >= 11 is 3.53. The molecule has 2 aliphatic heterocycles. The molecule has 0 aliphatic carbocycles. The zero-order valence-corrected chi connectivity index (χ0v) is 23.5. The second kappa shape index (κ2) is 10.9. The number of tetrazole rings is 1. The number of thioether (sulfide) groups is 2. The first-order chi connectivity index (χ1) is 17.9. The van der Waals surface area contributed by atoms with Crippen molar-refractivity contribution in [1.29, 1.82) is 0 Å². The van der Waals surface area contributed by atoms with Gasteiger partial charge in [0.1, 0.15) is 24.2 Å². The summed E-state index contributed by atoms with van der Waals surface area (Å²) in [7, 11) is 0.702. The van der Waals surface area contributed by atoms with Crippen LogP contribution in [-0.2, 0) is 43.3 Å². The molecule has 0 saturated carbocycles. The Morgan fingerprint density at radius 1 is 1.37 bits per heavy atom. The van der Waals surface area contributed by atoms with Crippen molar-refractivity contribution < 1.29 is 32.7 Å². The third-order valence-electron chi connectivity index (χ3n) is 5.30. The van der Waals surface area contributed by atoms with Crippen molar-refractivity contribution in [1.82, 2.24) is 35.0 Å². The molecule has 0 bridgehead atoms. The van der Waals surface area contributed by atoms with E-state index in [2.05, 4.69) is 30.4 Å². The van der Waals surface area contributed by atoms with Gasteiger partial charge in [-0.3, -0.25) is 14.5 Å². The number of hydrogen-bond donors (Lipinski definition) is 2. The van der Waals surface area contributed by atoms with E-state index in [1.54, 1.807) is 7.05 Å². The van der Waals surface area contributed by atoms with Gasteiger partial charge >= 0.3 is 5.97 Å². The van der Waals surface area contributed by atoms with Crippen LogP contribution < -0.4 is 10.1 Å². The number of aromatic nitrogens is 5. The fourth-order valence-corrected chi connectivity index (χ4v) is 7.67. The summed E-state index contributed by atoms with van der Waals surface area (Å²) in [6.07, 6.45) is 0.940. The van der Waals surface area contributed by atoms with E-state index in [1.165, 1.54) is 52.3 Å². The summed E-state index contributed by atoms with van der Waals surface area (Å²) < 4.78 is 29.6. The van der Waals surface area contributed by atoms with Crippen LogP contribution in [0.4, 0.5) is 0 Å². The molecule has 2 aliphatic rings. The van der Waals surface area contributed by atoms with Gasteiger partial charge in [0.2, 0.25) is 9.96 Å². The fourth-order valence-electron chi connectivity index (χ4n) is 3.60. The van der Waals surface area contributed by atoms with Gasteiger partial charge in [0, 0.05) is 31.0 Å². The summed E-state index contributed by atoms with van der Waals surface area (Å²) in [6.45, 7) is 0. The second-order valence-electron chi connectivity index (χ2n) is 7.90. The zero-order chi connectivity index (χ0) is 27.8. The Labute approximate surface area is 227 Å². The number of nitrogens with zero attached hydrogens (tertiary/aromatic N) is 8. The number of amides is 2. The van der Waals surface area contributed by atoms with Crippen LogP contribution in [-0.4, -0.2) is 103 Å². The maximum atomic E-state index is 13.1. The standard InChI is InChI=1S/C18H21N9O7S4/c1-25-9(7-37-18(25)22-38(4,32)33)10(21-34-3)13(28)19-11-14(29)27-12(16(30)31)8(5-35-15(11)27)6-36-17-20-23-24-26(17)2/h7,11,15H,5-6H2,1-4H3,(H,19,28)(H,30,31)/t11?,15-/m0/s1. The lowest BCUT2D eigenvalue weighted by atomic mass is 10.0. The summed E-state index contributed by atoms with van der Waals surface area (Å²) in [5.74, 6) is -2.03.